The van der Waals surface area contributed by atoms with E-state index in [0.29, 0.717) is 0 Å². The van der Waals surface area contributed by atoms with Gasteiger partial charge in [-0.15, -0.1) is 0 Å². The summed E-state index contributed by atoms with van der Waals surface area (Å²) in [5.41, 5.74) is 6.63. The van der Waals surface area contributed by atoms with Crippen molar-refractivity contribution in [2.24, 2.45) is 5.73 Å². The summed E-state index contributed by atoms with van der Waals surface area (Å²) in [6.07, 6.45) is -1.37. The Morgan fingerprint density at radius 1 is 1.18 bits per heavy atom. The zero-order chi connectivity index (χ0) is 21.1. The highest BCUT2D eigenvalue weighted by atomic mass is 19.4. The van der Waals surface area contributed by atoms with Crippen LogP contribution in [0.5, 0.6) is 0 Å². The fourth-order valence-corrected chi connectivity index (χ4v) is 3.71. The van der Waals surface area contributed by atoms with Gasteiger partial charge in [-0.2, -0.15) is 13.2 Å². The number of benzene rings is 1. The molecular weight excluding hydrogens is 377 g/mol. The maximum Gasteiger partial charge on any atom is 0.490 e. The molecule has 0 radical (unpaired) electrons. The Kier molecular flexibility index (Phi) is 6.59. The second kappa shape index (κ2) is 8.38. The number of halogens is 3. The molecule has 1 aromatic carbocycles. The standard InChI is InChI=1S/C17H24N2O2.C2HF3O2/c1-17(2)15(12-6-4-3-5-7-12)19(16(20)21-17)14-10-8-13(18)9-11-14;3-2(4,5)1(6)7/h3-7,13-15H,8-11,18H2,1-2H3;(H,6,7). The molecular formula is C19H25F3N2O4. The maximum absolute atomic E-state index is 12.4. The summed E-state index contributed by atoms with van der Waals surface area (Å²) in [6, 6.07) is 10.7. The monoisotopic (exact) mass is 402 g/mol. The molecule has 3 N–H and O–H groups in total. The van der Waals surface area contributed by atoms with E-state index in [1.54, 1.807) is 0 Å². The summed E-state index contributed by atoms with van der Waals surface area (Å²) >= 11 is 0. The number of carbonyl (C=O) groups excluding carboxylic acids is 1. The summed E-state index contributed by atoms with van der Waals surface area (Å²) in [7, 11) is 0. The Hall–Kier alpha value is -2.29. The number of carbonyl (C=O) groups is 2. The lowest BCUT2D eigenvalue weighted by Crippen LogP contribution is -2.44. The largest absolute Gasteiger partial charge is 0.490 e. The number of carboxylic acids is 1. The number of nitrogens with two attached hydrogens (primary N) is 1. The summed E-state index contributed by atoms with van der Waals surface area (Å²) < 4.78 is 37.4. The molecule has 2 fully saturated rings. The Bertz CT molecular complexity index is 686. The first-order chi connectivity index (χ1) is 12.9. The molecule has 156 valence electrons. The number of hydrogen-bond donors (Lipinski definition) is 2. The van der Waals surface area contributed by atoms with Gasteiger partial charge in [0.15, 0.2) is 0 Å². The highest BCUT2D eigenvalue weighted by Crippen LogP contribution is 2.44. The van der Waals surface area contributed by atoms with Crippen LogP contribution in [0.15, 0.2) is 30.3 Å². The molecule has 1 aliphatic carbocycles. The van der Waals surface area contributed by atoms with E-state index in [0.717, 1.165) is 31.2 Å². The number of rotatable bonds is 2. The third-order valence-corrected chi connectivity index (χ3v) is 4.99. The number of hydrogen-bond acceptors (Lipinski definition) is 4. The van der Waals surface area contributed by atoms with Crippen LogP contribution in [0.1, 0.15) is 51.1 Å². The molecule has 0 spiro atoms. The zero-order valence-electron chi connectivity index (χ0n) is 15.8. The zero-order valence-corrected chi connectivity index (χ0v) is 15.8. The van der Waals surface area contributed by atoms with Gasteiger partial charge >= 0.3 is 18.2 Å². The lowest BCUT2D eigenvalue weighted by atomic mass is 9.86. The van der Waals surface area contributed by atoms with E-state index in [4.69, 9.17) is 20.4 Å². The fourth-order valence-electron chi connectivity index (χ4n) is 3.71. The van der Waals surface area contributed by atoms with Crippen LogP contribution in [0, 0.1) is 0 Å². The third-order valence-electron chi connectivity index (χ3n) is 4.99. The summed E-state index contributed by atoms with van der Waals surface area (Å²) in [5.74, 6) is -2.76. The number of carboxylic acid groups (broad SMARTS) is 1. The van der Waals surface area contributed by atoms with Crippen molar-refractivity contribution in [3.8, 4) is 0 Å². The van der Waals surface area contributed by atoms with Gasteiger partial charge in [-0.25, -0.2) is 9.59 Å². The number of amides is 1. The molecule has 0 bridgehead atoms. The highest BCUT2D eigenvalue weighted by Gasteiger charge is 2.51. The Morgan fingerprint density at radius 2 is 1.68 bits per heavy atom. The van der Waals surface area contributed by atoms with Crippen LogP contribution in [0.2, 0.25) is 0 Å². The quantitative estimate of drug-likeness (QED) is 0.784. The summed E-state index contributed by atoms with van der Waals surface area (Å²) in [5, 5.41) is 7.12. The minimum atomic E-state index is -5.08. The van der Waals surface area contributed by atoms with E-state index in [2.05, 4.69) is 12.1 Å². The molecule has 1 unspecified atom stereocenters. The Labute approximate surface area is 161 Å². The molecule has 1 atom stereocenters. The normalized spacial score (nSPS) is 26.9. The predicted octanol–water partition coefficient (Wildman–Crippen LogP) is 3.86. The fraction of sp³-hybridized carbons (Fsp3) is 0.579. The van der Waals surface area contributed by atoms with Gasteiger partial charge in [-0.3, -0.25) is 4.90 Å². The van der Waals surface area contributed by atoms with Gasteiger partial charge in [-0.05, 0) is 45.1 Å². The van der Waals surface area contributed by atoms with Gasteiger partial charge in [0.1, 0.15) is 5.60 Å². The first-order valence-corrected chi connectivity index (χ1v) is 9.05. The van der Waals surface area contributed by atoms with Crippen molar-refractivity contribution in [1.82, 2.24) is 4.90 Å². The van der Waals surface area contributed by atoms with E-state index in [1.807, 2.05) is 36.9 Å². The van der Waals surface area contributed by atoms with Crippen LogP contribution in [0.25, 0.3) is 0 Å². The first kappa shape index (κ1) is 22.0. The Morgan fingerprint density at radius 3 is 2.14 bits per heavy atom. The van der Waals surface area contributed by atoms with Gasteiger partial charge in [-0.1, -0.05) is 30.3 Å². The van der Waals surface area contributed by atoms with E-state index in [9.17, 15) is 18.0 Å². The lowest BCUT2D eigenvalue weighted by molar-refractivity contribution is -0.192. The molecule has 0 aromatic heterocycles. The molecule has 9 heteroatoms. The molecule has 1 aromatic rings. The van der Waals surface area contributed by atoms with Gasteiger partial charge in [0.05, 0.1) is 6.04 Å². The van der Waals surface area contributed by atoms with Crippen molar-refractivity contribution in [2.45, 2.75) is 69.4 Å². The van der Waals surface area contributed by atoms with Crippen molar-refractivity contribution in [3.63, 3.8) is 0 Å². The molecule has 3 rings (SSSR count). The Balaban J connectivity index is 0.000000345. The second-order valence-corrected chi connectivity index (χ2v) is 7.56. The third kappa shape index (κ3) is 5.15. The minimum absolute atomic E-state index is 0.0227. The topological polar surface area (TPSA) is 92.9 Å². The van der Waals surface area contributed by atoms with Crippen molar-refractivity contribution >= 4 is 12.1 Å². The molecule has 1 saturated heterocycles. The molecule has 28 heavy (non-hydrogen) atoms. The molecule has 1 saturated carbocycles. The van der Waals surface area contributed by atoms with Gasteiger partial charge in [0, 0.05) is 12.1 Å². The van der Waals surface area contributed by atoms with Gasteiger partial charge in [0.2, 0.25) is 0 Å². The summed E-state index contributed by atoms with van der Waals surface area (Å²) in [6.45, 7) is 3.99. The van der Waals surface area contributed by atoms with E-state index >= 15 is 0 Å². The number of alkyl halides is 3. The van der Waals surface area contributed by atoms with Gasteiger partial charge < -0.3 is 15.6 Å². The van der Waals surface area contributed by atoms with Gasteiger partial charge in [0.25, 0.3) is 0 Å². The van der Waals surface area contributed by atoms with Crippen molar-refractivity contribution in [2.75, 3.05) is 0 Å². The molecule has 1 heterocycles. The van der Waals surface area contributed by atoms with E-state index < -0.39 is 17.7 Å². The van der Waals surface area contributed by atoms with Crippen molar-refractivity contribution < 1.29 is 32.6 Å². The predicted molar refractivity (Wildman–Crippen MR) is 95.5 cm³/mol. The molecule has 2 aliphatic rings. The smallest absolute Gasteiger partial charge is 0.475 e. The average Bonchev–Trinajstić information content (AvgIpc) is 2.84. The van der Waals surface area contributed by atoms with Crippen LogP contribution in [-0.4, -0.2) is 45.9 Å². The van der Waals surface area contributed by atoms with Crippen LogP contribution < -0.4 is 5.73 Å². The lowest BCUT2D eigenvalue weighted by Gasteiger charge is -2.37. The van der Waals surface area contributed by atoms with Crippen LogP contribution >= 0.6 is 0 Å². The van der Waals surface area contributed by atoms with E-state index in [-0.39, 0.29) is 24.2 Å². The molecule has 1 aliphatic heterocycles. The van der Waals surface area contributed by atoms with Crippen LogP contribution in [0.4, 0.5) is 18.0 Å². The second-order valence-electron chi connectivity index (χ2n) is 7.56. The number of cyclic esters (lactones) is 1. The number of ether oxygens (including phenoxy) is 1. The van der Waals surface area contributed by atoms with Crippen LogP contribution in [-0.2, 0) is 9.53 Å². The highest BCUT2D eigenvalue weighted by molar-refractivity contribution is 5.73. The van der Waals surface area contributed by atoms with Crippen molar-refractivity contribution in [3.05, 3.63) is 35.9 Å². The van der Waals surface area contributed by atoms with Crippen LogP contribution in [0.3, 0.4) is 0 Å². The van der Waals surface area contributed by atoms with E-state index in [1.165, 1.54) is 0 Å². The SMILES string of the molecule is CC1(C)OC(=O)N(C2CCC(N)CC2)C1c1ccccc1.O=C(O)C(F)(F)F. The average molecular weight is 402 g/mol. The first-order valence-electron chi connectivity index (χ1n) is 9.05. The summed E-state index contributed by atoms with van der Waals surface area (Å²) in [4.78, 5) is 23.3. The molecule has 1 amide bonds. The van der Waals surface area contributed by atoms with Crippen molar-refractivity contribution in [1.29, 1.82) is 0 Å². The maximum atomic E-state index is 12.4. The number of nitrogens with zero attached hydrogens (tertiary/aromatic N) is 1. The number of aliphatic carboxylic acids is 1. The molecule has 6 nitrogen and oxygen atoms in total. The minimum Gasteiger partial charge on any atom is -0.475 e.